The number of rotatable bonds is 4. The van der Waals surface area contributed by atoms with E-state index in [0.717, 1.165) is 17.2 Å². The van der Waals surface area contributed by atoms with Crippen LogP contribution in [0.25, 0.3) is 53.4 Å². The normalized spacial score (nSPS) is 13.5. The Balaban J connectivity index is 1.16. The summed E-state index contributed by atoms with van der Waals surface area (Å²) in [5.41, 5.74) is 23.4. The molecule has 0 saturated heterocycles. The number of aryl methyl sites for hydroxylation is 4. The third-order valence-electron chi connectivity index (χ3n) is 14.4. The molecule has 66 heavy (non-hydrogen) atoms. The van der Waals surface area contributed by atoms with Gasteiger partial charge in [-0.3, -0.25) is 4.90 Å². The summed E-state index contributed by atoms with van der Waals surface area (Å²) in [6.45, 7) is 23.0. The second kappa shape index (κ2) is 14.6. The molecule has 0 saturated carbocycles. The number of nitrogens with zero attached hydrogens (tertiary/aromatic N) is 2. The van der Waals surface area contributed by atoms with E-state index in [2.05, 4.69) is 217 Å². The second-order valence-electron chi connectivity index (χ2n) is 20.8. The average molecular weight is 893 g/mol. The first kappa shape index (κ1) is 41.1. The van der Waals surface area contributed by atoms with E-state index >= 15 is 0 Å². The van der Waals surface area contributed by atoms with Crippen LogP contribution in [0.4, 0.5) is 34.3 Å². The fourth-order valence-corrected chi connectivity index (χ4v) is 13.1. The predicted octanol–water partition coefficient (Wildman–Crippen LogP) is 16.1. The minimum atomic E-state index is -0.0787. The van der Waals surface area contributed by atoms with E-state index in [-0.39, 0.29) is 17.5 Å². The summed E-state index contributed by atoms with van der Waals surface area (Å²) >= 11 is 3.64. The van der Waals surface area contributed by atoms with Gasteiger partial charge in [0, 0.05) is 59.2 Å². The highest BCUT2D eigenvalue weighted by Crippen LogP contribution is 2.50. The van der Waals surface area contributed by atoms with Crippen LogP contribution in [0.2, 0.25) is 0 Å². The number of furan rings is 1. The maximum absolute atomic E-state index is 7.30. The third kappa shape index (κ3) is 6.14. The molecule has 2 aliphatic rings. The lowest BCUT2D eigenvalue weighted by atomic mass is 9.33. The molecule has 324 valence electrons. The van der Waals surface area contributed by atoms with Gasteiger partial charge in [0.15, 0.2) is 0 Å². The van der Waals surface area contributed by atoms with Gasteiger partial charge in [-0.05, 0) is 159 Å². The van der Waals surface area contributed by atoms with Crippen LogP contribution < -0.4 is 26.2 Å². The Kier molecular flexibility index (Phi) is 9.08. The molecular formula is C60H53BN2OS2. The summed E-state index contributed by atoms with van der Waals surface area (Å²) in [6, 6.07) is 48.4. The van der Waals surface area contributed by atoms with Crippen molar-refractivity contribution < 1.29 is 4.42 Å². The largest absolute Gasteiger partial charge is 0.440 e. The molecule has 0 bridgehead atoms. The molecule has 3 nitrogen and oxygen atoms in total. The van der Waals surface area contributed by atoms with Gasteiger partial charge < -0.3 is 9.32 Å². The predicted molar refractivity (Wildman–Crippen MR) is 288 cm³/mol. The maximum Gasteiger partial charge on any atom is 0.257 e. The third-order valence-corrected chi connectivity index (χ3v) is 16.3. The van der Waals surface area contributed by atoms with Gasteiger partial charge in [0.25, 0.3) is 6.71 Å². The van der Waals surface area contributed by atoms with Crippen LogP contribution in [0.3, 0.4) is 0 Å². The number of hydrogen-bond donors (Lipinski definition) is 0. The van der Waals surface area contributed by atoms with E-state index in [4.69, 9.17) is 4.42 Å². The van der Waals surface area contributed by atoms with Crippen molar-refractivity contribution in [2.45, 2.75) is 80.1 Å². The lowest BCUT2D eigenvalue weighted by Crippen LogP contribution is -2.61. The fourth-order valence-electron chi connectivity index (χ4n) is 11.2. The zero-order chi connectivity index (χ0) is 45.6. The van der Waals surface area contributed by atoms with Crippen molar-refractivity contribution in [3.05, 3.63) is 172 Å². The molecule has 5 heterocycles. The lowest BCUT2D eigenvalue weighted by molar-refractivity contribution is 0.589. The van der Waals surface area contributed by atoms with E-state index in [9.17, 15) is 0 Å². The quantitative estimate of drug-likeness (QED) is 0.164. The van der Waals surface area contributed by atoms with E-state index in [1.807, 2.05) is 22.7 Å². The SMILES string of the molecule is Cc1cc(C(C)(C)C)cc(C)c1N1c2cc(-c3csc4ccccc34)ccc2B2c3c1cccc3N(c1c(C)cc(-c3csc4ccccc34)cc1C)c1oc3ccc(C(C)(C)C)cc3c12. The second-order valence-corrected chi connectivity index (χ2v) is 22.7. The topological polar surface area (TPSA) is 19.6 Å². The van der Waals surface area contributed by atoms with Gasteiger partial charge in [-0.15, -0.1) is 22.7 Å². The van der Waals surface area contributed by atoms with Crippen molar-refractivity contribution in [2.24, 2.45) is 0 Å². The number of benzene rings is 7. The van der Waals surface area contributed by atoms with Crippen LogP contribution in [-0.4, -0.2) is 6.71 Å². The van der Waals surface area contributed by atoms with Gasteiger partial charge in [-0.2, -0.15) is 0 Å². The Bertz CT molecular complexity index is 3600. The number of hydrogen-bond acceptors (Lipinski definition) is 5. The summed E-state index contributed by atoms with van der Waals surface area (Å²) in [5.74, 6) is 0.903. The maximum atomic E-state index is 7.30. The van der Waals surface area contributed by atoms with Crippen LogP contribution in [0.5, 0.6) is 0 Å². The van der Waals surface area contributed by atoms with Crippen molar-refractivity contribution in [3.63, 3.8) is 0 Å². The van der Waals surface area contributed by atoms with Crippen molar-refractivity contribution in [3.8, 4) is 22.3 Å². The van der Waals surface area contributed by atoms with Crippen LogP contribution in [0.1, 0.15) is 74.9 Å². The van der Waals surface area contributed by atoms with Gasteiger partial charge >= 0.3 is 0 Å². The molecule has 2 aliphatic heterocycles. The zero-order valence-electron chi connectivity index (χ0n) is 39.5. The van der Waals surface area contributed by atoms with Gasteiger partial charge in [-0.1, -0.05) is 114 Å². The molecular weight excluding hydrogens is 840 g/mol. The van der Waals surface area contributed by atoms with E-state index < -0.39 is 0 Å². The molecule has 0 amide bonds. The average Bonchev–Trinajstić information content (AvgIpc) is 4.02. The van der Waals surface area contributed by atoms with Crippen molar-refractivity contribution in [1.82, 2.24) is 0 Å². The van der Waals surface area contributed by atoms with Gasteiger partial charge in [-0.25, -0.2) is 0 Å². The number of thiophene rings is 2. The Morgan fingerprint density at radius 2 is 1.03 bits per heavy atom. The van der Waals surface area contributed by atoms with Gasteiger partial charge in [0.1, 0.15) is 5.58 Å². The van der Waals surface area contributed by atoms with Crippen LogP contribution >= 0.6 is 22.7 Å². The van der Waals surface area contributed by atoms with Crippen LogP contribution in [0.15, 0.2) is 143 Å². The fraction of sp³-hybridized carbons (Fsp3) is 0.200. The number of anilines is 6. The molecule has 7 aromatic carbocycles. The Morgan fingerprint density at radius 1 is 0.470 bits per heavy atom. The highest BCUT2D eigenvalue weighted by atomic mass is 32.1. The molecule has 6 heteroatoms. The van der Waals surface area contributed by atoms with E-state index in [1.54, 1.807) is 0 Å². The van der Waals surface area contributed by atoms with E-state index in [0.29, 0.717) is 0 Å². The van der Waals surface area contributed by atoms with Gasteiger partial charge in [0.2, 0.25) is 5.88 Å². The first-order valence-corrected chi connectivity index (χ1v) is 25.0. The molecule has 0 fully saturated rings. The lowest BCUT2D eigenvalue weighted by Gasteiger charge is -2.44. The smallest absolute Gasteiger partial charge is 0.257 e. The Labute approximate surface area is 397 Å². The first-order chi connectivity index (χ1) is 31.7. The van der Waals surface area contributed by atoms with Crippen LogP contribution in [0, 0.1) is 27.7 Å². The molecule has 12 rings (SSSR count). The minimum Gasteiger partial charge on any atom is -0.440 e. The molecule has 0 unspecified atom stereocenters. The Hall–Kier alpha value is -6.34. The summed E-state index contributed by atoms with van der Waals surface area (Å²) < 4.78 is 9.92. The van der Waals surface area contributed by atoms with Crippen molar-refractivity contribution in [1.29, 1.82) is 0 Å². The summed E-state index contributed by atoms with van der Waals surface area (Å²) in [7, 11) is 0. The molecule has 3 aromatic heterocycles. The van der Waals surface area contributed by atoms with Crippen molar-refractivity contribution >= 4 is 111 Å². The zero-order valence-corrected chi connectivity index (χ0v) is 41.1. The monoisotopic (exact) mass is 892 g/mol. The van der Waals surface area contributed by atoms with Crippen molar-refractivity contribution in [2.75, 3.05) is 9.80 Å². The molecule has 0 atom stereocenters. The molecule has 0 N–H and O–H groups in total. The molecule has 0 spiro atoms. The highest BCUT2D eigenvalue weighted by Gasteiger charge is 2.47. The molecule has 0 aliphatic carbocycles. The van der Waals surface area contributed by atoms with Crippen LogP contribution in [-0.2, 0) is 10.8 Å². The summed E-state index contributed by atoms with van der Waals surface area (Å²) in [4.78, 5) is 5.08. The Morgan fingerprint density at radius 3 is 1.65 bits per heavy atom. The highest BCUT2D eigenvalue weighted by molar-refractivity contribution is 7.18. The summed E-state index contributed by atoms with van der Waals surface area (Å²) in [6.07, 6.45) is 0. The molecule has 10 aromatic rings. The van der Waals surface area contributed by atoms with Gasteiger partial charge in [0.05, 0.1) is 11.4 Å². The first-order valence-electron chi connectivity index (χ1n) is 23.3. The summed E-state index contributed by atoms with van der Waals surface area (Å²) in [5, 5.41) is 8.43. The van der Waals surface area contributed by atoms with E-state index in [1.165, 1.54) is 120 Å². The minimum absolute atomic E-state index is 0.0188. The number of fused-ring (bicyclic) bond motifs is 8. The molecule has 0 radical (unpaired) electrons. The standard InChI is InChI=1S/C60H53BN2OS2/c1-34-26-39(46-33-66-53-21-14-12-17-43(46)53)27-35(2)57(34)63-49-19-15-18-48-55(49)61(54-44-31-40(59(5,6)7)23-25-51(44)64-58(54)63)47-24-22-38(45-32-65-52-20-13-11-16-42(45)52)30-50(47)62(48)56-36(3)28-41(29-37(56)4)60(8,9)10/h11-33H,1-10H3.